The molecule has 19 heavy (non-hydrogen) atoms. The SMILES string of the molecule is CN(C)CCn1ncc(Cl)c1C(=O)C1(O)CCCC1. The van der Waals surface area contributed by atoms with Crippen LogP contribution in [0.25, 0.3) is 0 Å². The van der Waals surface area contributed by atoms with E-state index in [0.29, 0.717) is 30.1 Å². The summed E-state index contributed by atoms with van der Waals surface area (Å²) in [4.78, 5) is 14.5. The van der Waals surface area contributed by atoms with Gasteiger partial charge in [0.1, 0.15) is 11.3 Å². The number of hydrogen-bond donors (Lipinski definition) is 1. The molecular weight excluding hydrogens is 266 g/mol. The summed E-state index contributed by atoms with van der Waals surface area (Å²) in [6, 6.07) is 0. The number of carbonyl (C=O) groups excluding carboxylic acids is 1. The molecule has 1 N–H and O–H groups in total. The molecule has 0 spiro atoms. The fraction of sp³-hybridized carbons (Fsp3) is 0.692. The Balaban J connectivity index is 2.23. The van der Waals surface area contributed by atoms with E-state index in [1.807, 2.05) is 19.0 Å². The van der Waals surface area contributed by atoms with Crippen molar-refractivity contribution in [3.8, 4) is 0 Å². The van der Waals surface area contributed by atoms with Gasteiger partial charge in [0.2, 0.25) is 5.78 Å². The number of aromatic nitrogens is 2. The molecule has 0 saturated heterocycles. The van der Waals surface area contributed by atoms with Crippen LogP contribution >= 0.6 is 11.6 Å². The molecule has 0 atom stereocenters. The second-order valence-electron chi connectivity index (χ2n) is 5.44. The summed E-state index contributed by atoms with van der Waals surface area (Å²) in [5, 5.41) is 14.9. The van der Waals surface area contributed by atoms with Gasteiger partial charge in [0.05, 0.1) is 17.8 Å². The van der Waals surface area contributed by atoms with Gasteiger partial charge in [-0.15, -0.1) is 0 Å². The summed E-state index contributed by atoms with van der Waals surface area (Å²) in [6.45, 7) is 1.34. The first-order valence-electron chi connectivity index (χ1n) is 6.57. The molecule has 1 fully saturated rings. The van der Waals surface area contributed by atoms with Crippen LogP contribution in [0.2, 0.25) is 5.02 Å². The van der Waals surface area contributed by atoms with E-state index in [4.69, 9.17) is 11.6 Å². The molecule has 0 amide bonds. The molecule has 1 aliphatic rings. The van der Waals surface area contributed by atoms with E-state index in [0.717, 1.165) is 19.4 Å². The summed E-state index contributed by atoms with van der Waals surface area (Å²) in [6.07, 6.45) is 4.27. The lowest BCUT2D eigenvalue weighted by molar-refractivity contribution is 0.0341. The summed E-state index contributed by atoms with van der Waals surface area (Å²) in [5.74, 6) is -0.286. The number of nitrogens with zero attached hydrogens (tertiary/aromatic N) is 3. The van der Waals surface area contributed by atoms with E-state index in [1.165, 1.54) is 6.20 Å². The highest BCUT2D eigenvalue weighted by molar-refractivity contribution is 6.34. The Bertz CT molecular complexity index is 464. The number of aliphatic hydroxyl groups is 1. The van der Waals surface area contributed by atoms with Crippen LogP contribution in [0.5, 0.6) is 0 Å². The Hall–Kier alpha value is -0.910. The van der Waals surface area contributed by atoms with Gasteiger partial charge in [0, 0.05) is 6.54 Å². The van der Waals surface area contributed by atoms with Crippen LogP contribution < -0.4 is 0 Å². The topological polar surface area (TPSA) is 58.4 Å². The fourth-order valence-corrected chi connectivity index (χ4v) is 2.69. The zero-order valence-electron chi connectivity index (χ0n) is 11.4. The van der Waals surface area contributed by atoms with Gasteiger partial charge in [-0.1, -0.05) is 11.6 Å². The normalized spacial score (nSPS) is 18.2. The van der Waals surface area contributed by atoms with E-state index in [2.05, 4.69) is 5.10 Å². The summed E-state index contributed by atoms with van der Waals surface area (Å²) in [7, 11) is 3.91. The maximum Gasteiger partial charge on any atom is 0.213 e. The van der Waals surface area contributed by atoms with Gasteiger partial charge in [0.15, 0.2) is 0 Å². The average Bonchev–Trinajstić information content (AvgIpc) is 2.93. The molecule has 2 rings (SSSR count). The Morgan fingerprint density at radius 2 is 2.16 bits per heavy atom. The monoisotopic (exact) mass is 285 g/mol. The number of ketones is 1. The highest BCUT2D eigenvalue weighted by Gasteiger charge is 2.41. The molecule has 5 nitrogen and oxygen atoms in total. The Kier molecular flexibility index (Phi) is 4.28. The van der Waals surface area contributed by atoms with Crippen molar-refractivity contribution in [2.24, 2.45) is 0 Å². The van der Waals surface area contributed by atoms with Crippen LogP contribution in [0.3, 0.4) is 0 Å². The smallest absolute Gasteiger partial charge is 0.213 e. The first-order valence-corrected chi connectivity index (χ1v) is 6.95. The van der Waals surface area contributed by atoms with Crippen LogP contribution in [0, 0.1) is 0 Å². The van der Waals surface area contributed by atoms with Crippen molar-refractivity contribution >= 4 is 17.4 Å². The molecule has 1 aromatic heterocycles. The number of rotatable bonds is 5. The molecule has 0 bridgehead atoms. The number of Topliss-reactive ketones (excluding diaryl/α,β-unsaturated/α-hetero) is 1. The number of hydrogen-bond acceptors (Lipinski definition) is 4. The van der Waals surface area contributed by atoms with Gasteiger partial charge in [-0.05, 0) is 39.8 Å². The summed E-state index contributed by atoms with van der Waals surface area (Å²) >= 11 is 6.07. The molecule has 106 valence electrons. The van der Waals surface area contributed by atoms with E-state index >= 15 is 0 Å². The van der Waals surface area contributed by atoms with Gasteiger partial charge in [0.25, 0.3) is 0 Å². The minimum atomic E-state index is -1.25. The molecular formula is C13H20ClN3O2. The zero-order chi connectivity index (χ0) is 14.0. The van der Waals surface area contributed by atoms with Crippen molar-refractivity contribution in [2.75, 3.05) is 20.6 Å². The third kappa shape index (κ3) is 2.99. The molecule has 0 aromatic carbocycles. The molecule has 0 unspecified atom stereocenters. The third-order valence-electron chi connectivity index (χ3n) is 3.62. The van der Waals surface area contributed by atoms with E-state index in [9.17, 15) is 9.90 Å². The van der Waals surface area contributed by atoms with Gasteiger partial charge in [-0.3, -0.25) is 9.48 Å². The number of carbonyl (C=O) groups is 1. The van der Waals surface area contributed by atoms with Crippen molar-refractivity contribution in [1.82, 2.24) is 14.7 Å². The van der Waals surface area contributed by atoms with Gasteiger partial charge in [-0.2, -0.15) is 5.10 Å². The van der Waals surface area contributed by atoms with Gasteiger partial charge < -0.3 is 10.0 Å². The Morgan fingerprint density at radius 3 is 2.74 bits per heavy atom. The lowest BCUT2D eigenvalue weighted by atomic mass is 9.94. The Morgan fingerprint density at radius 1 is 1.53 bits per heavy atom. The third-order valence-corrected chi connectivity index (χ3v) is 3.90. The average molecular weight is 286 g/mol. The lowest BCUT2D eigenvalue weighted by Gasteiger charge is -2.21. The molecule has 1 aliphatic carbocycles. The zero-order valence-corrected chi connectivity index (χ0v) is 12.2. The second kappa shape index (κ2) is 5.61. The number of halogens is 1. The van der Waals surface area contributed by atoms with Crippen LogP contribution in [0.15, 0.2) is 6.20 Å². The van der Waals surface area contributed by atoms with Gasteiger partial charge in [-0.25, -0.2) is 0 Å². The van der Waals surface area contributed by atoms with Crippen molar-refractivity contribution in [3.63, 3.8) is 0 Å². The maximum atomic E-state index is 12.5. The van der Waals surface area contributed by atoms with E-state index in [1.54, 1.807) is 4.68 Å². The highest BCUT2D eigenvalue weighted by atomic mass is 35.5. The predicted molar refractivity (Wildman–Crippen MR) is 73.5 cm³/mol. The molecule has 1 heterocycles. The summed E-state index contributed by atoms with van der Waals surface area (Å²) < 4.78 is 1.60. The quantitative estimate of drug-likeness (QED) is 0.835. The predicted octanol–water partition coefficient (Wildman–Crippen LogP) is 1.59. The van der Waals surface area contributed by atoms with E-state index in [-0.39, 0.29) is 5.78 Å². The first-order chi connectivity index (χ1) is 8.94. The van der Waals surface area contributed by atoms with Crippen molar-refractivity contribution in [3.05, 3.63) is 16.9 Å². The van der Waals surface area contributed by atoms with Crippen LogP contribution in [-0.4, -0.2) is 51.8 Å². The summed E-state index contributed by atoms with van der Waals surface area (Å²) in [5.41, 5.74) is -0.910. The largest absolute Gasteiger partial charge is 0.382 e. The van der Waals surface area contributed by atoms with Crippen molar-refractivity contribution in [2.45, 2.75) is 37.8 Å². The molecule has 1 aromatic rings. The maximum absolute atomic E-state index is 12.5. The van der Waals surface area contributed by atoms with Crippen LogP contribution in [-0.2, 0) is 6.54 Å². The van der Waals surface area contributed by atoms with E-state index < -0.39 is 5.60 Å². The molecule has 1 saturated carbocycles. The minimum absolute atomic E-state index is 0.286. The Labute approximate surface area is 118 Å². The molecule has 0 radical (unpaired) electrons. The first kappa shape index (κ1) is 14.5. The van der Waals surface area contributed by atoms with Crippen LogP contribution in [0.1, 0.15) is 36.2 Å². The lowest BCUT2D eigenvalue weighted by Crippen LogP contribution is -2.37. The molecule has 6 heteroatoms. The standard InChI is InChI=1S/C13H20ClN3O2/c1-16(2)7-8-17-11(10(14)9-15-17)12(18)13(19)5-3-4-6-13/h9,19H,3-8H2,1-2H3. The van der Waals surface area contributed by atoms with Gasteiger partial charge >= 0.3 is 0 Å². The minimum Gasteiger partial charge on any atom is -0.382 e. The molecule has 0 aliphatic heterocycles. The highest BCUT2D eigenvalue weighted by Crippen LogP contribution is 2.34. The van der Waals surface area contributed by atoms with Crippen molar-refractivity contribution in [1.29, 1.82) is 0 Å². The van der Waals surface area contributed by atoms with Crippen molar-refractivity contribution < 1.29 is 9.90 Å². The second-order valence-corrected chi connectivity index (χ2v) is 5.84. The number of likely N-dealkylation sites (N-methyl/N-ethyl adjacent to an activating group) is 1. The van der Waals surface area contributed by atoms with Crippen LogP contribution in [0.4, 0.5) is 0 Å². The fourth-order valence-electron chi connectivity index (χ4n) is 2.46.